The van der Waals surface area contributed by atoms with Gasteiger partial charge in [0.1, 0.15) is 5.75 Å². The van der Waals surface area contributed by atoms with Crippen molar-refractivity contribution in [2.45, 2.75) is 33.2 Å². The van der Waals surface area contributed by atoms with E-state index in [0.717, 1.165) is 34.1 Å². The Morgan fingerprint density at radius 1 is 1.03 bits per heavy atom. The number of hydrogen-bond acceptors (Lipinski definition) is 3. The van der Waals surface area contributed by atoms with Gasteiger partial charge >= 0.3 is 0 Å². The van der Waals surface area contributed by atoms with Crippen molar-refractivity contribution < 1.29 is 9.90 Å². The number of nitrogens with zero attached hydrogens (tertiary/aromatic N) is 2. The summed E-state index contributed by atoms with van der Waals surface area (Å²) in [6, 6.07) is 19.9. The fourth-order valence-electron chi connectivity index (χ4n) is 3.86. The van der Waals surface area contributed by atoms with Gasteiger partial charge in [0.05, 0.1) is 16.8 Å². The molecule has 0 spiro atoms. The summed E-state index contributed by atoms with van der Waals surface area (Å²) in [6.45, 7) is 4.65. The lowest BCUT2D eigenvalue weighted by Crippen LogP contribution is -2.26. The molecule has 0 fully saturated rings. The van der Waals surface area contributed by atoms with E-state index < -0.39 is 0 Å². The third kappa shape index (κ3) is 4.45. The number of rotatable bonds is 6. The van der Waals surface area contributed by atoms with Crippen LogP contribution in [0.1, 0.15) is 45.2 Å². The first-order valence-electron chi connectivity index (χ1n) is 10.5. The molecule has 0 aliphatic heterocycles. The van der Waals surface area contributed by atoms with Gasteiger partial charge in [-0.05, 0) is 36.1 Å². The predicted molar refractivity (Wildman–Crippen MR) is 123 cm³/mol. The van der Waals surface area contributed by atoms with E-state index in [1.165, 1.54) is 11.1 Å². The Bertz CT molecular complexity index is 1230. The van der Waals surface area contributed by atoms with Gasteiger partial charge in [-0.25, -0.2) is 0 Å². The van der Waals surface area contributed by atoms with E-state index in [1.807, 2.05) is 18.2 Å². The smallest absolute Gasteiger partial charge is 0.257 e. The van der Waals surface area contributed by atoms with Crippen LogP contribution in [0, 0.1) is 6.92 Å². The van der Waals surface area contributed by atoms with Crippen LogP contribution in [0.25, 0.3) is 10.9 Å². The Morgan fingerprint density at radius 2 is 1.77 bits per heavy atom. The van der Waals surface area contributed by atoms with Gasteiger partial charge in [0.15, 0.2) is 0 Å². The molecule has 0 unspecified atom stereocenters. The van der Waals surface area contributed by atoms with Crippen molar-refractivity contribution in [3.63, 3.8) is 0 Å². The Hall–Kier alpha value is -3.60. The first-order chi connectivity index (χ1) is 14.9. The molecular formula is C26H27N3O2. The van der Waals surface area contributed by atoms with Crippen LogP contribution in [0.3, 0.4) is 0 Å². The molecule has 0 bridgehead atoms. The number of benzene rings is 3. The van der Waals surface area contributed by atoms with Crippen LogP contribution in [-0.2, 0) is 19.4 Å². The van der Waals surface area contributed by atoms with E-state index in [1.54, 1.807) is 24.1 Å². The maximum Gasteiger partial charge on any atom is 0.257 e. The number of nitrogens with one attached hydrogen (secondary N) is 1. The number of aromatic amines is 1. The number of carbonyl (C=O) groups is 1. The molecule has 1 amide bonds. The number of phenols is 1. The molecule has 0 radical (unpaired) electrons. The van der Waals surface area contributed by atoms with Crippen LogP contribution >= 0.6 is 0 Å². The summed E-state index contributed by atoms with van der Waals surface area (Å²) in [6.07, 6.45) is 1.64. The maximum atomic E-state index is 13.1. The first-order valence-corrected chi connectivity index (χ1v) is 10.5. The van der Waals surface area contributed by atoms with Crippen molar-refractivity contribution in [3.05, 3.63) is 94.2 Å². The van der Waals surface area contributed by atoms with Crippen LogP contribution in [-0.4, -0.2) is 33.2 Å². The number of aromatic hydroxyl groups is 1. The third-order valence-electron chi connectivity index (χ3n) is 5.64. The van der Waals surface area contributed by atoms with E-state index in [-0.39, 0.29) is 17.2 Å². The molecule has 3 aromatic carbocycles. The van der Waals surface area contributed by atoms with Crippen LogP contribution in [0.15, 0.2) is 60.7 Å². The molecule has 1 aromatic heterocycles. The minimum atomic E-state index is -0.221. The summed E-state index contributed by atoms with van der Waals surface area (Å²) >= 11 is 0. The second-order valence-corrected chi connectivity index (χ2v) is 8.08. The van der Waals surface area contributed by atoms with Crippen molar-refractivity contribution in [3.8, 4) is 5.75 Å². The second kappa shape index (κ2) is 8.64. The summed E-state index contributed by atoms with van der Waals surface area (Å²) in [5.74, 6) is -0.266. The van der Waals surface area contributed by atoms with Gasteiger partial charge in [-0.1, -0.05) is 61.0 Å². The number of aromatic nitrogens is 2. The monoisotopic (exact) mass is 413 g/mol. The largest absolute Gasteiger partial charge is 0.507 e. The van der Waals surface area contributed by atoms with Gasteiger partial charge in [0.2, 0.25) is 0 Å². The Balaban J connectivity index is 1.60. The Kier molecular flexibility index (Phi) is 5.76. The predicted octanol–water partition coefficient (Wildman–Crippen LogP) is 5.00. The molecule has 158 valence electrons. The van der Waals surface area contributed by atoms with Crippen LogP contribution in [0.5, 0.6) is 5.75 Å². The third-order valence-corrected chi connectivity index (χ3v) is 5.64. The lowest BCUT2D eigenvalue weighted by atomic mass is 10.0. The highest BCUT2D eigenvalue weighted by Gasteiger charge is 2.19. The van der Waals surface area contributed by atoms with Gasteiger partial charge < -0.3 is 10.0 Å². The van der Waals surface area contributed by atoms with E-state index in [9.17, 15) is 9.90 Å². The number of hydrogen-bond donors (Lipinski definition) is 2. The Morgan fingerprint density at radius 3 is 2.48 bits per heavy atom. The normalized spacial score (nSPS) is 11.1. The van der Waals surface area contributed by atoms with E-state index in [0.29, 0.717) is 13.0 Å². The number of aryl methyl sites for hydroxylation is 2. The number of fused-ring (bicyclic) bond motifs is 1. The minimum absolute atomic E-state index is 0.0450. The fourth-order valence-corrected chi connectivity index (χ4v) is 3.86. The zero-order valence-electron chi connectivity index (χ0n) is 18.1. The lowest BCUT2D eigenvalue weighted by Gasteiger charge is -2.18. The highest BCUT2D eigenvalue weighted by Crippen LogP contribution is 2.28. The highest BCUT2D eigenvalue weighted by atomic mass is 16.3. The maximum absolute atomic E-state index is 13.1. The van der Waals surface area contributed by atoms with Crippen molar-refractivity contribution >= 4 is 16.8 Å². The fraction of sp³-hybridized carbons (Fsp3) is 0.231. The van der Waals surface area contributed by atoms with Gasteiger partial charge in [-0.2, -0.15) is 5.10 Å². The molecular weight excluding hydrogens is 386 g/mol. The zero-order valence-corrected chi connectivity index (χ0v) is 18.1. The SMILES string of the molecule is CCc1ccc(CN(C)C(=O)c2cc3c(Cc4cccc(C)c4)n[nH]c3cc2O)cc1. The van der Waals surface area contributed by atoms with Crippen molar-refractivity contribution in [2.24, 2.45) is 0 Å². The van der Waals surface area contributed by atoms with Gasteiger partial charge in [-0.15, -0.1) is 0 Å². The van der Waals surface area contributed by atoms with Crippen molar-refractivity contribution in [1.82, 2.24) is 15.1 Å². The lowest BCUT2D eigenvalue weighted by molar-refractivity contribution is 0.0782. The van der Waals surface area contributed by atoms with E-state index >= 15 is 0 Å². The molecule has 4 aromatic rings. The summed E-state index contributed by atoms with van der Waals surface area (Å²) in [5, 5.41) is 18.8. The summed E-state index contributed by atoms with van der Waals surface area (Å²) in [5.41, 5.74) is 6.52. The van der Waals surface area contributed by atoms with Gasteiger partial charge in [0.25, 0.3) is 5.91 Å². The average Bonchev–Trinajstić information content (AvgIpc) is 3.14. The molecule has 0 aliphatic carbocycles. The van der Waals surface area contributed by atoms with Crippen LogP contribution in [0.2, 0.25) is 0 Å². The standard InChI is InChI=1S/C26H27N3O2/c1-4-18-8-10-19(11-9-18)16-29(3)26(31)22-14-21-23(27-28-24(21)15-25(22)30)13-20-7-5-6-17(2)12-20/h5-12,14-15,30H,4,13,16H2,1-3H3,(H,27,28). The molecule has 1 heterocycles. The molecule has 0 aliphatic rings. The number of amides is 1. The quantitative estimate of drug-likeness (QED) is 0.467. The summed E-state index contributed by atoms with van der Waals surface area (Å²) < 4.78 is 0. The molecule has 31 heavy (non-hydrogen) atoms. The number of H-pyrrole nitrogens is 1. The van der Waals surface area contributed by atoms with E-state index in [2.05, 4.69) is 54.4 Å². The van der Waals surface area contributed by atoms with Crippen molar-refractivity contribution in [1.29, 1.82) is 0 Å². The number of carbonyl (C=O) groups excluding carboxylic acids is 1. The molecule has 4 rings (SSSR count). The molecule has 5 heteroatoms. The summed E-state index contributed by atoms with van der Waals surface area (Å²) in [4.78, 5) is 14.7. The minimum Gasteiger partial charge on any atom is -0.507 e. The van der Waals surface area contributed by atoms with Crippen LogP contribution in [0.4, 0.5) is 0 Å². The van der Waals surface area contributed by atoms with Gasteiger partial charge in [0, 0.05) is 31.5 Å². The molecule has 0 atom stereocenters. The molecule has 2 N–H and O–H groups in total. The Labute approximate surface area is 182 Å². The molecule has 0 saturated carbocycles. The molecule has 5 nitrogen and oxygen atoms in total. The van der Waals surface area contributed by atoms with Gasteiger partial charge in [-0.3, -0.25) is 9.89 Å². The number of phenolic OH excluding ortho intramolecular Hbond substituents is 1. The molecule has 0 saturated heterocycles. The van der Waals surface area contributed by atoms with Crippen LogP contribution < -0.4 is 0 Å². The zero-order chi connectivity index (χ0) is 22.0. The summed E-state index contributed by atoms with van der Waals surface area (Å²) in [7, 11) is 1.75. The van der Waals surface area contributed by atoms with Crippen molar-refractivity contribution in [2.75, 3.05) is 7.05 Å². The topological polar surface area (TPSA) is 69.2 Å². The average molecular weight is 414 g/mol. The second-order valence-electron chi connectivity index (χ2n) is 8.08. The van der Waals surface area contributed by atoms with E-state index in [4.69, 9.17) is 0 Å². The first kappa shape index (κ1) is 20.7. The highest BCUT2D eigenvalue weighted by molar-refractivity contribution is 6.01.